The Bertz CT molecular complexity index is 207. The summed E-state index contributed by atoms with van der Waals surface area (Å²) >= 11 is 0. The van der Waals surface area contributed by atoms with Gasteiger partial charge in [-0.1, -0.05) is 6.92 Å². The van der Waals surface area contributed by atoms with E-state index in [1.165, 1.54) is 0 Å². The van der Waals surface area contributed by atoms with Crippen LogP contribution in [-0.2, 0) is 9.59 Å². The maximum absolute atomic E-state index is 11.6. The summed E-state index contributed by atoms with van der Waals surface area (Å²) in [7, 11) is 1.57. The first-order valence-corrected chi connectivity index (χ1v) is 5.34. The van der Waals surface area contributed by atoms with Gasteiger partial charge in [0.25, 0.3) is 0 Å². The predicted octanol–water partition coefficient (Wildman–Crippen LogP) is -0.419. The molecule has 2 amide bonds. The SMILES string of the molecule is CCNCCC(=O)N(CC)CC(=O)NC. The van der Waals surface area contributed by atoms with Gasteiger partial charge in [-0.3, -0.25) is 9.59 Å². The zero-order valence-corrected chi connectivity index (χ0v) is 9.80. The van der Waals surface area contributed by atoms with Gasteiger partial charge in [-0.05, 0) is 13.5 Å². The highest BCUT2D eigenvalue weighted by atomic mass is 16.2. The lowest BCUT2D eigenvalue weighted by molar-refractivity contribution is -0.135. The standard InChI is InChI=1S/C10H21N3O2/c1-4-12-7-6-10(15)13(5-2)8-9(14)11-3/h12H,4-8H2,1-3H3,(H,11,14). The number of hydrogen-bond donors (Lipinski definition) is 2. The average Bonchev–Trinajstić information content (AvgIpc) is 2.25. The molecular weight excluding hydrogens is 194 g/mol. The monoisotopic (exact) mass is 215 g/mol. The van der Waals surface area contributed by atoms with Crippen LogP contribution < -0.4 is 10.6 Å². The Balaban J connectivity index is 3.93. The van der Waals surface area contributed by atoms with Crippen molar-refractivity contribution < 1.29 is 9.59 Å². The number of hydrogen-bond acceptors (Lipinski definition) is 3. The molecule has 0 radical (unpaired) electrons. The average molecular weight is 215 g/mol. The second-order valence-corrected chi connectivity index (χ2v) is 3.18. The topological polar surface area (TPSA) is 61.4 Å². The van der Waals surface area contributed by atoms with E-state index in [-0.39, 0.29) is 18.4 Å². The summed E-state index contributed by atoms with van der Waals surface area (Å²) in [5, 5.41) is 5.58. The molecule has 0 aliphatic heterocycles. The maximum Gasteiger partial charge on any atom is 0.239 e. The minimum absolute atomic E-state index is 0.0158. The lowest BCUT2D eigenvalue weighted by atomic mass is 10.3. The van der Waals surface area contributed by atoms with Gasteiger partial charge in [0, 0.05) is 26.6 Å². The van der Waals surface area contributed by atoms with Gasteiger partial charge >= 0.3 is 0 Å². The van der Waals surface area contributed by atoms with Gasteiger partial charge in [0.1, 0.15) is 0 Å². The third-order valence-electron chi connectivity index (χ3n) is 2.11. The molecule has 0 aromatic carbocycles. The number of amides is 2. The molecule has 0 rings (SSSR count). The lowest BCUT2D eigenvalue weighted by Crippen LogP contribution is -2.40. The second-order valence-electron chi connectivity index (χ2n) is 3.18. The zero-order valence-electron chi connectivity index (χ0n) is 9.80. The van der Waals surface area contributed by atoms with E-state index >= 15 is 0 Å². The van der Waals surface area contributed by atoms with E-state index in [2.05, 4.69) is 10.6 Å². The normalized spacial score (nSPS) is 9.80. The van der Waals surface area contributed by atoms with Crippen LogP contribution in [0.5, 0.6) is 0 Å². The molecule has 0 bridgehead atoms. The molecule has 15 heavy (non-hydrogen) atoms. The van der Waals surface area contributed by atoms with Crippen LogP contribution in [0, 0.1) is 0 Å². The fourth-order valence-electron chi connectivity index (χ4n) is 1.16. The highest BCUT2D eigenvalue weighted by Gasteiger charge is 2.13. The highest BCUT2D eigenvalue weighted by molar-refractivity contribution is 5.84. The largest absolute Gasteiger partial charge is 0.358 e. The van der Waals surface area contributed by atoms with E-state index < -0.39 is 0 Å². The van der Waals surface area contributed by atoms with Crippen molar-refractivity contribution in [3.63, 3.8) is 0 Å². The minimum atomic E-state index is -0.131. The van der Waals surface area contributed by atoms with Crippen molar-refractivity contribution in [1.82, 2.24) is 15.5 Å². The Labute approximate surface area is 91.2 Å². The van der Waals surface area contributed by atoms with Gasteiger partial charge in [0.2, 0.25) is 11.8 Å². The molecule has 0 atom stereocenters. The third-order valence-corrected chi connectivity index (χ3v) is 2.11. The van der Waals surface area contributed by atoms with E-state index in [0.29, 0.717) is 19.5 Å². The Hall–Kier alpha value is -1.10. The van der Waals surface area contributed by atoms with Gasteiger partial charge in [0.15, 0.2) is 0 Å². The number of rotatable bonds is 7. The van der Waals surface area contributed by atoms with Crippen LogP contribution in [0.2, 0.25) is 0 Å². The molecule has 0 aromatic rings. The predicted molar refractivity (Wildman–Crippen MR) is 59.5 cm³/mol. The third kappa shape index (κ3) is 6.06. The number of nitrogens with zero attached hydrogens (tertiary/aromatic N) is 1. The summed E-state index contributed by atoms with van der Waals surface area (Å²) in [6.45, 7) is 6.10. The van der Waals surface area contributed by atoms with Crippen LogP contribution in [0.3, 0.4) is 0 Å². The first-order chi connectivity index (χ1) is 7.15. The summed E-state index contributed by atoms with van der Waals surface area (Å²) < 4.78 is 0. The molecular formula is C10H21N3O2. The molecule has 0 saturated heterocycles. The summed E-state index contributed by atoms with van der Waals surface area (Å²) in [5.74, 6) is -0.115. The molecule has 2 N–H and O–H groups in total. The first kappa shape index (κ1) is 13.9. The van der Waals surface area contributed by atoms with Crippen molar-refractivity contribution in [2.24, 2.45) is 0 Å². The van der Waals surface area contributed by atoms with Crippen LogP contribution in [0.1, 0.15) is 20.3 Å². The van der Waals surface area contributed by atoms with Crippen LogP contribution in [-0.4, -0.2) is 49.9 Å². The van der Waals surface area contributed by atoms with E-state index in [1.54, 1.807) is 11.9 Å². The lowest BCUT2D eigenvalue weighted by Gasteiger charge is -2.19. The highest BCUT2D eigenvalue weighted by Crippen LogP contribution is 1.93. The summed E-state index contributed by atoms with van der Waals surface area (Å²) in [5.41, 5.74) is 0. The molecule has 88 valence electrons. The van der Waals surface area contributed by atoms with Crippen LogP contribution in [0.15, 0.2) is 0 Å². The maximum atomic E-state index is 11.6. The number of carbonyl (C=O) groups excluding carboxylic acids is 2. The Kier molecular flexibility index (Phi) is 7.62. The Morgan fingerprint density at radius 2 is 1.93 bits per heavy atom. The molecule has 0 heterocycles. The Morgan fingerprint density at radius 1 is 1.27 bits per heavy atom. The summed E-state index contributed by atoms with van der Waals surface area (Å²) in [4.78, 5) is 24.3. The molecule has 0 aliphatic rings. The van der Waals surface area contributed by atoms with E-state index in [1.807, 2.05) is 13.8 Å². The van der Waals surface area contributed by atoms with E-state index in [0.717, 1.165) is 6.54 Å². The van der Waals surface area contributed by atoms with Crippen LogP contribution >= 0.6 is 0 Å². The fourth-order valence-corrected chi connectivity index (χ4v) is 1.16. The molecule has 5 heteroatoms. The molecule has 0 unspecified atom stereocenters. The molecule has 0 saturated carbocycles. The smallest absolute Gasteiger partial charge is 0.239 e. The van der Waals surface area contributed by atoms with E-state index in [4.69, 9.17) is 0 Å². The molecule has 5 nitrogen and oxygen atoms in total. The van der Waals surface area contributed by atoms with Gasteiger partial charge in [0.05, 0.1) is 6.54 Å². The minimum Gasteiger partial charge on any atom is -0.358 e. The van der Waals surface area contributed by atoms with Crippen molar-refractivity contribution >= 4 is 11.8 Å². The molecule has 0 fully saturated rings. The summed E-state index contributed by atoms with van der Waals surface area (Å²) in [6, 6.07) is 0. The second kappa shape index (κ2) is 8.23. The number of likely N-dealkylation sites (N-methyl/N-ethyl adjacent to an activating group) is 2. The van der Waals surface area contributed by atoms with Crippen molar-refractivity contribution in [2.75, 3.05) is 33.2 Å². The quantitative estimate of drug-likeness (QED) is 0.567. The molecule has 0 aromatic heterocycles. The van der Waals surface area contributed by atoms with Gasteiger partial charge in [-0.2, -0.15) is 0 Å². The summed E-state index contributed by atoms with van der Waals surface area (Å²) in [6.07, 6.45) is 0.443. The first-order valence-electron chi connectivity index (χ1n) is 5.34. The van der Waals surface area contributed by atoms with E-state index in [9.17, 15) is 9.59 Å². The van der Waals surface area contributed by atoms with Crippen molar-refractivity contribution in [1.29, 1.82) is 0 Å². The van der Waals surface area contributed by atoms with Gasteiger partial charge in [-0.25, -0.2) is 0 Å². The zero-order chi connectivity index (χ0) is 11.7. The van der Waals surface area contributed by atoms with Crippen LogP contribution in [0.25, 0.3) is 0 Å². The number of carbonyl (C=O) groups is 2. The van der Waals surface area contributed by atoms with Crippen molar-refractivity contribution in [3.8, 4) is 0 Å². The molecule has 0 spiro atoms. The van der Waals surface area contributed by atoms with Gasteiger partial charge < -0.3 is 15.5 Å². The van der Waals surface area contributed by atoms with Crippen LogP contribution in [0.4, 0.5) is 0 Å². The Morgan fingerprint density at radius 3 is 2.40 bits per heavy atom. The fraction of sp³-hybridized carbons (Fsp3) is 0.800. The van der Waals surface area contributed by atoms with Gasteiger partial charge in [-0.15, -0.1) is 0 Å². The van der Waals surface area contributed by atoms with Crippen molar-refractivity contribution in [3.05, 3.63) is 0 Å². The molecule has 0 aliphatic carbocycles. The van der Waals surface area contributed by atoms with Crippen molar-refractivity contribution in [2.45, 2.75) is 20.3 Å². The number of nitrogens with one attached hydrogen (secondary N) is 2.